The minimum atomic E-state index is -0.0988. The molecule has 0 bridgehead atoms. The Labute approximate surface area is 168 Å². The van der Waals surface area contributed by atoms with E-state index in [0.717, 1.165) is 29.3 Å². The molecule has 0 radical (unpaired) electrons. The third-order valence-electron chi connectivity index (χ3n) is 4.87. The van der Waals surface area contributed by atoms with Crippen LogP contribution in [0.15, 0.2) is 24.3 Å². The number of morpholine rings is 1. The van der Waals surface area contributed by atoms with Crippen molar-refractivity contribution >= 4 is 16.3 Å². The average molecular weight is 403 g/mol. The molecule has 0 spiro atoms. The molecule has 0 saturated carbocycles. The van der Waals surface area contributed by atoms with Crippen molar-refractivity contribution in [1.82, 2.24) is 19.5 Å². The molecule has 1 aromatic carbocycles. The van der Waals surface area contributed by atoms with Crippen LogP contribution in [-0.4, -0.2) is 56.5 Å². The second-order valence-corrected chi connectivity index (χ2v) is 8.27. The van der Waals surface area contributed by atoms with E-state index in [2.05, 4.69) is 41.0 Å². The lowest BCUT2D eigenvalue weighted by Gasteiger charge is -2.40. The third kappa shape index (κ3) is 3.59. The molecule has 2 aromatic heterocycles. The van der Waals surface area contributed by atoms with Gasteiger partial charge in [-0.25, -0.2) is 4.98 Å². The van der Waals surface area contributed by atoms with Crippen LogP contribution in [0, 0.1) is 6.92 Å². The van der Waals surface area contributed by atoms with Crippen molar-refractivity contribution in [2.75, 3.05) is 19.7 Å². The van der Waals surface area contributed by atoms with Crippen LogP contribution in [0.3, 0.4) is 0 Å². The standard InChI is InChI=1S/C20H26N4O3S/c1-5-26-16-8-6-15(7-9-16)17(23-10-12(2)27-13(3)11-23)18-19(25)24-20(28-18)21-14(4)22-24/h6-9,12-13,17,25H,5,10-11H2,1-4H3. The highest BCUT2D eigenvalue weighted by atomic mass is 32.1. The highest BCUT2D eigenvalue weighted by Gasteiger charge is 2.34. The number of ether oxygens (including phenoxy) is 2. The second-order valence-electron chi connectivity index (χ2n) is 7.26. The van der Waals surface area contributed by atoms with E-state index in [1.807, 2.05) is 26.0 Å². The number of nitrogens with zero attached hydrogens (tertiary/aromatic N) is 4. The molecule has 1 fully saturated rings. The zero-order chi connectivity index (χ0) is 19.8. The van der Waals surface area contributed by atoms with Crippen LogP contribution >= 0.6 is 11.3 Å². The summed E-state index contributed by atoms with van der Waals surface area (Å²) in [5.41, 5.74) is 1.10. The molecule has 7 nitrogen and oxygen atoms in total. The zero-order valence-corrected chi connectivity index (χ0v) is 17.4. The minimum Gasteiger partial charge on any atom is -0.494 e. The zero-order valence-electron chi connectivity index (χ0n) is 16.6. The van der Waals surface area contributed by atoms with Gasteiger partial charge in [-0.15, -0.1) is 5.10 Å². The number of fused-ring (bicyclic) bond motifs is 1. The number of benzene rings is 1. The van der Waals surface area contributed by atoms with Crippen molar-refractivity contribution in [2.45, 2.75) is 45.9 Å². The molecule has 3 aromatic rings. The number of hydrogen-bond donors (Lipinski definition) is 1. The fourth-order valence-electron chi connectivity index (χ4n) is 3.90. The van der Waals surface area contributed by atoms with Gasteiger partial charge < -0.3 is 14.6 Å². The van der Waals surface area contributed by atoms with Crippen molar-refractivity contribution in [3.05, 3.63) is 40.5 Å². The molecule has 1 N–H and O–H groups in total. The topological polar surface area (TPSA) is 72.1 Å². The fraction of sp³-hybridized carbons (Fsp3) is 0.500. The summed E-state index contributed by atoms with van der Waals surface area (Å²) < 4.78 is 13.1. The van der Waals surface area contributed by atoms with Gasteiger partial charge in [0.1, 0.15) is 11.6 Å². The van der Waals surface area contributed by atoms with Gasteiger partial charge in [0.2, 0.25) is 10.8 Å². The summed E-state index contributed by atoms with van der Waals surface area (Å²) in [4.78, 5) is 8.35. The Balaban J connectivity index is 1.78. The summed E-state index contributed by atoms with van der Waals surface area (Å²) in [6, 6.07) is 8.01. The molecule has 3 unspecified atom stereocenters. The highest BCUT2D eigenvalue weighted by Crippen LogP contribution is 2.41. The number of aryl methyl sites for hydroxylation is 1. The molecule has 3 heterocycles. The van der Waals surface area contributed by atoms with Crippen LogP contribution in [0.2, 0.25) is 0 Å². The first-order valence-electron chi connectivity index (χ1n) is 9.63. The molecule has 1 aliphatic rings. The van der Waals surface area contributed by atoms with E-state index >= 15 is 0 Å². The number of thiazole rings is 1. The maximum Gasteiger partial charge on any atom is 0.230 e. The summed E-state index contributed by atoms with van der Waals surface area (Å²) in [5.74, 6) is 1.65. The van der Waals surface area contributed by atoms with E-state index in [1.54, 1.807) is 0 Å². The lowest BCUT2D eigenvalue weighted by atomic mass is 10.0. The van der Waals surface area contributed by atoms with Crippen LogP contribution in [0.4, 0.5) is 0 Å². The number of hydrogen-bond acceptors (Lipinski definition) is 7. The molecule has 28 heavy (non-hydrogen) atoms. The average Bonchev–Trinajstić information content (AvgIpc) is 3.14. The molecular formula is C20H26N4O3S. The number of rotatable bonds is 5. The third-order valence-corrected chi connectivity index (χ3v) is 5.95. The summed E-state index contributed by atoms with van der Waals surface area (Å²) in [5, 5.41) is 15.2. The van der Waals surface area contributed by atoms with Gasteiger partial charge in [-0.1, -0.05) is 23.5 Å². The lowest BCUT2D eigenvalue weighted by molar-refractivity contribution is -0.0764. The Kier molecular flexibility index (Phi) is 5.27. The van der Waals surface area contributed by atoms with Gasteiger partial charge in [0.25, 0.3) is 0 Å². The van der Waals surface area contributed by atoms with Crippen molar-refractivity contribution in [3.8, 4) is 11.6 Å². The Bertz CT molecular complexity index is 942. The van der Waals surface area contributed by atoms with Crippen LogP contribution < -0.4 is 4.74 Å². The minimum absolute atomic E-state index is 0.0988. The van der Waals surface area contributed by atoms with Gasteiger partial charge in [0.15, 0.2) is 0 Å². The molecular weight excluding hydrogens is 376 g/mol. The first kappa shape index (κ1) is 19.2. The highest BCUT2D eigenvalue weighted by molar-refractivity contribution is 7.17. The largest absolute Gasteiger partial charge is 0.494 e. The molecule has 1 aliphatic heterocycles. The molecule has 150 valence electrons. The normalized spacial score (nSPS) is 21.9. The summed E-state index contributed by atoms with van der Waals surface area (Å²) in [7, 11) is 0. The Morgan fingerprint density at radius 1 is 1.25 bits per heavy atom. The SMILES string of the molecule is CCOc1ccc(C(c2sc3nc(C)nn3c2O)N2CC(C)OC(C)C2)cc1. The monoisotopic (exact) mass is 402 g/mol. The number of aromatic hydroxyl groups is 1. The molecule has 3 atom stereocenters. The molecule has 0 aliphatic carbocycles. The van der Waals surface area contributed by atoms with Gasteiger partial charge in [0, 0.05) is 13.1 Å². The molecule has 8 heteroatoms. The lowest BCUT2D eigenvalue weighted by Crippen LogP contribution is -2.47. The van der Waals surface area contributed by atoms with Gasteiger partial charge in [-0.3, -0.25) is 4.90 Å². The Morgan fingerprint density at radius 2 is 1.93 bits per heavy atom. The van der Waals surface area contributed by atoms with E-state index in [4.69, 9.17) is 9.47 Å². The van der Waals surface area contributed by atoms with Crippen molar-refractivity contribution < 1.29 is 14.6 Å². The van der Waals surface area contributed by atoms with Crippen molar-refractivity contribution in [3.63, 3.8) is 0 Å². The van der Waals surface area contributed by atoms with Crippen molar-refractivity contribution in [2.24, 2.45) is 0 Å². The smallest absolute Gasteiger partial charge is 0.230 e. The predicted molar refractivity (Wildman–Crippen MR) is 108 cm³/mol. The quantitative estimate of drug-likeness (QED) is 0.705. The summed E-state index contributed by atoms with van der Waals surface area (Å²) in [6.45, 7) is 10.2. The Morgan fingerprint density at radius 3 is 2.54 bits per heavy atom. The second kappa shape index (κ2) is 7.69. The first-order valence-corrected chi connectivity index (χ1v) is 10.4. The van der Waals surface area contributed by atoms with E-state index < -0.39 is 0 Å². The van der Waals surface area contributed by atoms with Crippen LogP contribution in [-0.2, 0) is 4.74 Å². The summed E-state index contributed by atoms with van der Waals surface area (Å²) in [6.07, 6.45) is 0.251. The molecule has 1 saturated heterocycles. The maximum absolute atomic E-state index is 10.9. The maximum atomic E-state index is 10.9. The van der Waals surface area contributed by atoms with E-state index in [-0.39, 0.29) is 24.1 Å². The predicted octanol–water partition coefficient (Wildman–Crippen LogP) is 3.40. The van der Waals surface area contributed by atoms with Gasteiger partial charge in [0.05, 0.1) is 29.7 Å². The van der Waals surface area contributed by atoms with Gasteiger partial charge in [-0.2, -0.15) is 4.52 Å². The van der Waals surface area contributed by atoms with Crippen LogP contribution in [0.25, 0.3) is 4.96 Å². The van der Waals surface area contributed by atoms with E-state index in [0.29, 0.717) is 17.4 Å². The van der Waals surface area contributed by atoms with Crippen LogP contribution in [0.1, 0.15) is 43.1 Å². The fourth-order valence-corrected chi connectivity index (χ4v) is 5.06. The van der Waals surface area contributed by atoms with Crippen LogP contribution in [0.5, 0.6) is 11.6 Å². The van der Waals surface area contributed by atoms with E-state index in [9.17, 15) is 5.11 Å². The number of aromatic nitrogens is 3. The summed E-state index contributed by atoms with van der Waals surface area (Å²) >= 11 is 1.48. The van der Waals surface area contributed by atoms with E-state index in [1.165, 1.54) is 15.9 Å². The first-order chi connectivity index (χ1) is 13.5. The van der Waals surface area contributed by atoms with Gasteiger partial charge >= 0.3 is 0 Å². The molecule has 0 amide bonds. The Hall–Kier alpha value is -2.16. The molecule has 4 rings (SSSR count). The van der Waals surface area contributed by atoms with Gasteiger partial charge in [-0.05, 0) is 45.4 Å². The van der Waals surface area contributed by atoms with Crippen molar-refractivity contribution in [1.29, 1.82) is 0 Å².